The first-order valence-corrected chi connectivity index (χ1v) is 7.77. The molecule has 0 saturated heterocycles. The maximum absolute atomic E-state index is 12.3. The first-order chi connectivity index (χ1) is 11.9. The first kappa shape index (κ1) is 18.0. The number of Topliss-reactive ketones (excluding diaryl/α,β-unsaturated/α-hetero) is 1. The molecule has 25 heavy (non-hydrogen) atoms. The summed E-state index contributed by atoms with van der Waals surface area (Å²) in [6.45, 7) is 5.34. The van der Waals surface area contributed by atoms with Crippen LogP contribution in [-0.2, 0) is 4.79 Å². The normalized spacial score (nSPS) is 10.7. The van der Waals surface area contributed by atoms with Gasteiger partial charge in [-0.15, -0.1) is 0 Å². The number of rotatable bonds is 5. The molecule has 0 aliphatic heterocycles. The molecule has 2 N–H and O–H groups in total. The predicted octanol–water partition coefficient (Wildman–Crippen LogP) is 3.96. The Morgan fingerprint density at radius 1 is 1.12 bits per heavy atom. The third-order valence-electron chi connectivity index (χ3n) is 3.65. The molecule has 1 amide bonds. The van der Waals surface area contributed by atoms with E-state index in [1.165, 1.54) is 13.1 Å². The summed E-state index contributed by atoms with van der Waals surface area (Å²) >= 11 is 0. The van der Waals surface area contributed by atoms with Gasteiger partial charge in [-0.1, -0.05) is 29.8 Å². The summed E-state index contributed by atoms with van der Waals surface area (Å²) in [5.74, 6) is -0.551. The van der Waals surface area contributed by atoms with E-state index in [4.69, 9.17) is 0 Å². The van der Waals surface area contributed by atoms with E-state index in [1.54, 1.807) is 30.3 Å². The molecular weight excluding hydrogens is 314 g/mol. The predicted molar refractivity (Wildman–Crippen MR) is 98.3 cm³/mol. The Morgan fingerprint density at radius 2 is 1.88 bits per heavy atom. The second-order valence-corrected chi connectivity index (χ2v) is 5.72. The summed E-state index contributed by atoms with van der Waals surface area (Å²) in [4.78, 5) is 23.7. The number of carbonyl (C=O) groups excluding carboxylic acids is 2. The molecule has 0 aliphatic rings. The molecule has 0 unspecified atom stereocenters. The van der Waals surface area contributed by atoms with Gasteiger partial charge in [0.2, 0.25) is 0 Å². The Balaban J connectivity index is 2.14. The molecule has 2 aromatic carbocycles. The molecule has 5 heteroatoms. The van der Waals surface area contributed by atoms with Crippen molar-refractivity contribution in [1.82, 2.24) is 0 Å². The van der Waals surface area contributed by atoms with E-state index >= 15 is 0 Å². The Bertz CT molecular complexity index is 892. The Hall–Kier alpha value is -3.39. The zero-order valence-electron chi connectivity index (χ0n) is 14.4. The SMILES string of the molecule is CC(=O)c1cccc(N/C=C(/C#N)C(=O)Nc2ccc(C)cc2C)c1. The minimum absolute atomic E-state index is 0.0549. The monoisotopic (exact) mass is 333 g/mol. The molecule has 2 aromatic rings. The van der Waals surface area contributed by atoms with Gasteiger partial charge in [0, 0.05) is 23.1 Å². The number of carbonyl (C=O) groups is 2. The highest BCUT2D eigenvalue weighted by atomic mass is 16.1. The van der Waals surface area contributed by atoms with Gasteiger partial charge in [0.25, 0.3) is 5.91 Å². The largest absolute Gasteiger partial charge is 0.360 e. The quantitative estimate of drug-likeness (QED) is 0.493. The lowest BCUT2D eigenvalue weighted by atomic mass is 10.1. The maximum atomic E-state index is 12.3. The van der Waals surface area contributed by atoms with E-state index in [2.05, 4.69) is 10.6 Å². The number of ketones is 1. The van der Waals surface area contributed by atoms with Crippen molar-refractivity contribution < 1.29 is 9.59 Å². The molecule has 5 nitrogen and oxygen atoms in total. The molecule has 0 atom stereocenters. The highest BCUT2D eigenvalue weighted by Crippen LogP contribution is 2.17. The number of hydrogen-bond donors (Lipinski definition) is 2. The van der Waals surface area contributed by atoms with Crippen LogP contribution in [0.25, 0.3) is 0 Å². The van der Waals surface area contributed by atoms with E-state index in [0.29, 0.717) is 16.9 Å². The summed E-state index contributed by atoms with van der Waals surface area (Å²) < 4.78 is 0. The van der Waals surface area contributed by atoms with Crippen LogP contribution in [0.15, 0.2) is 54.2 Å². The van der Waals surface area contributed by atoms with Gasteiger partial charge in [-0.3, -0.25) is 9.59 Å². The van der Waals surface area contributed by atoms with Crippen molar-refractivity contribution in [3.05, 3.63) is 70.9 Å². The van der Waals surface area contributed by atoms with Crippen LogP contribution in [0.2, 0.25) is 0 Å². The van der Waals surface area contributed by atoms with Crippen LogP contribution in [0.1, 0.15) is 28.4 Å². The minimum Gasteiger partial charge on any atom is -0.360 e. The molecule has 0 fully saturated rings. The molecule has 0 aromatic heterocycles. The number of amides is 1. The van der Waals surface area contributed by atoms with Gasteiger partial charge >= 0.3 is 0 Å². The fourth-order valence-corrected chi connectivity index (χ4v) is 2.28. The van der Waals surface area contributed by atoms with Gasteiger partial charge in [0.1, 0.15) is 11.6 Å². The number of nitriles is 1. The van der Waals surface area contributed by atoms with E-state index in [0.717, 1.165) is 11.1 Å². The standard InChI is InChI=1S/C20H19N3O2/c1-13-7-8-19(14(2)9-13)23-20(25)17(11-21)12-22-18-6-4-5-16(10-18)15(3)24/h4-10,12,22H,1-3H3,(H,23,25)/b17-12-. The van der Waals surface area contributed by atoms with Gasteiger partial charge in [-0.05, 0) is 44.5 Å². The van der Waals surface area contributed by atoms with Crippen molar-refractivity contribution in [3.8, 4) is 6.07 Å². The number of nitrogens with one attached hydrogen (secondary N) is 2. The Kier molecular flexibility index (Phi) is 5.70. The zero-order valence-corrected chi connectivity index (χ0v) is 14.4. The van der Waals surface area contributed by atoms with Crippen LogP contribution >= 0.6 is 0 Å². The van der Waals surface area contributed by atoms with Gasteiger partial charge in [0.15, 0.2) is 5.78 Å². The van der Waals surface area contributed by atoms with E-state index in [-0.39, 0.29) is 11.4 Å². The second kappa shape index (κ2) is 7.93. The molecule has 0 radical (unpaired) electrons. The van der Waals surface area contributed by atoms with Gasteiger partial charge in [-0.25, -0.2) is 0 Å². The topological polar surface area (TPSA) is 82.0 Å². The molecule has 126 valence electrons. The van der Waals surface area contributed by atoms with Gasteiger partial charge < -0.3 is 10.6 Å². The third kappa shape index (κ3) is 4.79. The fraction of sp³-hybridized carbons (Fsp3) is 0.150. The summed E-state index contributed by atoms with van der Waals surface area (Å²) in [5, 5.41) is 14.8. The first-order valence-electron chi connectivity index (χ1n) is 7.77. The summed E-state index contributed by atoms with van der Waals surface area (Å²) in [7, 11) is 0. The molecule has 0 bridgehead atoms. The number of nitrogens with zero attached hydrogens (tertiary/aromatic N) is 1. The molecule has 2 rings (SSSR count). The minimum atomic E-state index is -0.496. The number of benzene rings is 2. The lowest BCUT2D eigenvalue weighted by Crippen LogP contribution is -2.15. The lowest BCUT2D eigenvalue weighted by Gasteiger charge is -2.09. The summed E-state index contributed by atoms with van der Waals surface area (Å²) in [6.07, 6.45) is 1.33. The van der Waals surface area contributed by atoms with E-state index in [9.17, 15) is 14.9 Å². The molecule has 0 saturated carbocycles. The average Bonchev–Trinajstić information content (AvgIpc) is 2.58. The highest BCUT2D eigenvalue weighted by molar-refractivity contribution is 6.07. The fourth-order valence-electron chi connectivity index (χ4n) is 2.28. The molecule has 0 aliphatic carbocycles. The molecule has 0 spiro atoms. The lowest BCUT2D eigenvalue weighted by molar-refractivity contribution is -0.112. The van der Waals surface area contributed by atoms with E-state index in [1.807, 2.05) is 32.0 Å². The number of anilines is 2. The van der Waals surface area contributed by atoms with Crippen LogP contribution in [-0.4, -0.2) is 11.7 Å². The second-order valence-electron chi connectivity index (χ2n) is 5.72. The van der Waals surface area contributed by atoms with Gasteiger partial charge in [0.05, 0.1) is 0 Å². The van der Waals surface area contributed by atoms with Crippen LogP contribution in [0, 0.1) is 25.2 Å². The average molecular weight is 333 g/mol. The summed E-state index contributed by atoms with van der Waals surface area (Å²) in [6, 6.07) is 14.4. The zero-order chi connectivity index (χ0) is 18.4. The van der Waals surface area contributed by atoms with Crippen molar-refractivity contribution in [3.63, 3.8) is 0 Å². The van der Waals surface area contributed by atoms with Crippen LogP contribution in [0.3, 0.4) is 0 Å². The molecule has 0 heterocycles. The van der Waals surface area contributed by atoms with Crippen LogP contribution in [0.5, 0.6) is 0 Å². The molecular formula is C20H19N3O2. The van der Waals surface area contributed by atoms with Crippen molar-refractivity contribution in [2.75, 3.05) is 10.6 Å². The number of hydrogen-bond acceptors (Lipinski definition) is 4. The van der Waals surface area contributed by atoms with Crippen molar-refractivity contribution >= 4 is 23.1 Å². The van der Waals surface area contributed by atoms with Crippen molar-refractivity contribution in [1.29, 1.82) is 5.26 Å². The van der Waals surface area contributed by atoms with Gasteiger partial charge in [-0.2, -0.15) is 5.26 Å². The van der Waals surface area contributed by atoms with E-state index < -0.39 is 5.91 Å². The Labute approximate surface area is 147 Å². The maximum Gasteiger partial charge on any atom is 0.267 e. The third-order valence-corrected chi connectivity index (χ3v) is 3.65. The van der Waals surface area contributed by atoms with Crippen molar-refractivity contribution in [2.24, 2.45) is 0 Å². The van der Waals surface area contributed by atoms with Crippen molar-refractivity contribution in [2.45, 2.75) is 20.8 Å². The van der Waals surface area contributed by atoms with Crippen LogP contribution < -0.4 is 10.6 Å². The number of aryl methyl sites for hydroxylation is 2. The highest BCUT2D eigenvalue weighted by Gasteiger charge is 2.11. The Morgan fingerprint density at radius 3 is 2.52 bits per heavy atom. The smallest absolute Gasteiger partial charge is 0.267 e. The summed E-state index contributed by atoms with van der Waals surface area (Å²) in [5.41, 5.74) is 3.80. The van der Waals surface area contributed by atoms with Crippen LogP contribution in [0.4, 0.5) is 11.4 Å².